The molecular weight excluding hydrogens is 782 g/mol. The molecule has 0 saturated carbocycles. The van der Waals surface area contributed by atoms with Crippen LogP contribution in [0.4, 0.5) is 23.7 Å². The van der Waals surface area contributed by atoms with Crippen molar-refractivity contribution >= 4 is 51.4 Å². The van der Waals surface area contributed by atoms with Gasteiger partial charge in [0, 0.05) is 46.6 Å². The molecule has 2 atom stereocenters. The van der Waals surface area contributed by atoms with Crippen molar-refractivity contribution in [1.82, 2.24) is 20.6 Å². The highest BCUT2D eigenvalue weighted by Crippen LogP contribution is 2.44. The third-order valence-electron chi connectivity index (χ3n) is 10.2. The molecule has 60 heavy (non-hydrogen) atoms. The second-order valence-electron chi connectivity index (χ2n) is 14.3. The van der Waals surface area contributed by atoms with Gasteiger partial charge in [-0.3, -0.25) is 14.4 Å². The lowest BCUT2D eigenvalue weighted by molar-refractivity contribution is -0.192. The summed E-state index contributed by atoms with van der Waals surface area (Å²) in [6.07, 6.45) is -2.28. The van der Waals surface area contributed by atoms with Gasteiger partial charge in [0.15, 0.2) is 0 Å². The minimum Gasteiger partial charge on any atom is -0.475 e. The van der Waals surface area contributed by atoms with Crippen molar-refractivity contribution in [1.29, 1.82) is 0 Å². The van der Waals surface area contributed by atoms with Gasteiger partial charge in [-0.05, 0) is 84.3 Å². The first-order chi connectivity index (χ1) is 28.7. The van der Waals surface area contributed by atoms with Crippen molar-refractivity contribution in [3.63, 3.8) is 0 Å². The zero-order chi connectivity index (χ0) is 43.0. The smallest absolute Gasteiger partial charge is 0.475 e. The van der Waals surface area contributed by atoms with Crippen molar-refractivity contribution in [2.45, 2.75) is 56.8 Å². The predicted octanol–water partition coefficient (Wildman–Crippen LogP) is 6.65. The van der Waals surface area contributed by atoms with Gasteiger partial charge in [-0.1, -0.05) is 72.8 Å². The molecule has 0 radical (unpaired) electrons. The van der Waals surface area contributed by atoms with Gasteiger partial charge in [0.2, 0.25) is 17.4 Å². The van der Waals surface area contributed by atoms with Crippen LogP contribution in [0.3, 0.4) is 0 Å². The van der Waals surface area contributed by atoms with Crippen molar-refractivity contribution in [3.8, 4) is 11.1 Å². The number of unbranched alkanes of at least 4 members (excludes halogenated alkanes) is 1. The van der Waals surface area contributed by atoms with Crippen molar-refractivity contribution in [2.75, 3.05) is 18.5 Å². The summed E-state index contributed by atoms with van der Waals surface area (Å²) in [4.78, 5) is 68.5. The van der Waals surface area contributed by atoms with Crippen LogP contribution < -0.4 is 27.2 Å². The maximum absolute atomic E-state index is 14.1. The summed E-state index contributed by atoms with van der Waals surface area (Å²) in [7, 11) is 0. The van der Waals surface area contributed by atoms with Gasteiger partial charge in [0.05, 0.1) is 5.52 Å². The third-order valence-corrected chi connectivity index (χ3v) is 10.2. The number of hydrogen-bond donors (Lipinski definition) is 7. The lowest BCUT2D eigenvalue weighted by Crippen LogP contribution is -2.53. The number of nitrogens with one attached hydrogen (secondary N) is 5. The van der Waals surface area contributed by atoms with E-state index in [-0.39, 0.29) is 24.5 Å². The number of carboxylic acid groups (broad SMARTS) is 1. The Balaban J connectivity index is 0.000000793. The number of carboxylic acids is 1. The Morgan fingerprint density at radius 1 is 0.817 bits per heavy atom. The Bertz CT molecular complexity index is 2540. The van der Waals surface area contributed by atoms with Gasteiger partial charge in [0.1, 0.15) is 18.7 Å². The number of para-hydroxylation sites is 1. The number of hydrogen-bond acceptors (Lipinski definition) is 7. The predicted molar refractivity (Wildman–Crippen MR) is 220 cm³/mol. The highest BCUT2D eigenvalue weighted by atomic mass is 19.4. The fourth-order valence-corrected chi connectivity index (χ4v) is 7.29. The summed E-state index contributed by atoms with van der Waals surface area (Å²) in [5.74, 6) is -3.87. The molecule has 7 rings (SSSR count). The molecule has 2 aromatic heterocycles. The third kappa shape index (κ3) is 10.2. The Morgan fingerprint density at radius 2 is 1.47 bits per heavy atom. The molecule has 0 aliphatic heterocycles. The molecule has 16 heteroatoms. The van der Waals surface area contributed by atoms with Crippen LogP contribution in [0.1, 0.15) is 47.4 Å². The minimum atomic E-state index is -5.08. The van der Waals surface area contributed by atoms with Crippen LogP contribution >= 0.6 is 0 Å². The first-order valence-corrected chi connectivity index (χ1v) is 19.1. The Hall–Kier alpha value is -6.94. The molecule has 0 spiro atoms. The van der Waals surface area contributed by atoms with Crippen LogP contribution in [-0.4, -0.2) is 70.4 Å². The van der Waals surface area contributed by atoms with Gasteiger partial charge in [0.25, 0.3) is 0 Å². The summed E-state index contributed by atoms with van der Waals surface area (Å²) in [6, 6.07) is 28.7. The number of nitrogens with two attached hydrogens (primary N) is 1. The van der Waals surface area contributed by atoms with E-state index in [4.69, 9.17) is 20.4 Å². The lowest BCUT2D eigenvalue weighted by atomic mass is 9.98. The fraction of sp³-hybridized carbons (Fsp3) is 0.250. The van der Waals surface area contributed by atoms with Gasteiger partial charge >= 0.3 is 18.2 Å². The van der Waals surface area contributed by atoms with E-state index >= 15 is 0 Å². The molecule has 1 aliphatic carbocycles. The SMILES string of the molecule is Cc1cc(=O)[nH]c2cc(NC(=O)[C@H](CCCCN)NC(=O)[C@H](Cc3c[nH]c4ccccc34)NC(=O)OCC3c4ccccc4-c4ccccc43)ccc12.O=C(O)C(F)(F)F. The van der Waals surface area contributed by atoms with Crippen molar-refractivity contribution in [3.05, 3.63) is 136 Å². The van der Waals surface area contributed by atoms with Crippen LogP contribution in [0.15, 0.2) is 108 Å². The quantitative estimate of drug-likeness (QED) is 0.0626. The molecule has 312 valence electrons. The number of benzene rings is 4. The summed E-state index contributed by atoms with van der Waals surface area (Å²) in [5, 5.41) is 17.5. The molecule has 1 aliphatic rings. The monoisotopic (exact) mass is 824 g/mol. The lowest BCUT2D eigenvalue weighted by Gasteiger charge is -2.24. The molecule has 0 bridgehead atoms. The van der Waals surface area contributed by atoms with E-state index in [0.717, 1.165) is 49.7 Å². The van der Waals surface area contributed by atoms with Gasteiger partial charge in [-0.25, -0.2) is 9.59 Å². The minimum absolute atomic E-state index is 0.0853. The summed E-state index contributed by atoms with van der Waals surface area (Å²) >= 11 is 0. The first-order valence-electron chi connectivity index (χ1n) is 19.1. The number of amides is 3. The zero-order valence-electron chi connectivity index (χ0n) is 32.4. The number of ether oxygens (including phenoxy) is 1. The highest BCUT2D eigenvalue weighted by Gasteiger charge is 2.38. The van der Waals surface area contributed by atoms with E-state index in [2.05, 4.69) is 38.1 Å². The molecule has 4 aromatic carbocycles. The number of aromatic nitrogens is 2. The molecule has 6 aromatic rings. The number of carbonyl (C=O) groups excluding carboxylic acids is 3. The average Bonchev–Trinajstić information content (AvgIpc) is 3.77. The van der Waals surface area contributed by atoms with E-state index in [0.29, 0.717) is 37.0 Å². The summed E-state index contributed by atoms with van der Waals surface area (Å²) in [5.41, 5.74) is 13.5. The molecular formula is C44H43F3N6O7. The van der Waals surface area contributed by atoms with E-state index in [1.807, 2.05) is 79.9 Å². The van der Waals surface area contributed by atoms with Crippen molar-refractivity contribution in [2.24, 2.45) is 5.73 Å². The zero-order valence-corrected chi connectivity index (χ0v) is 32.4. The van der Waals surface area contributed by atoms with Gasteiger partial charge in [-0.15, -0.1) is 0 Å². The largest absolute Gasteiger partial charge is 0.490 e. The average molecular weight is 825 g/mol. The second-order valence-corrected chi connectivity index (χ2v) is 14.3. The number of H-pyrrole nitrogens is 2. The van der Waals surface area contributed by atoms with Gasteiger partial charge in [-0.2, -0.15) is 13.2 Å². The number of aryl methyl sites for hydroxylation is 1. The Morgan fingerprint density at radius 3 is 2.13 bits per heavy atom. The molecule has 8 N–H and O–H groups in total. The maximum Gasteiger partial charge on any atom is 0.490 e. The number of carbonyl (C=O) groups is 4. The van der Waals surface area contributed by atoms with E-state index in [1.165, 1.54) is 6.07 Å². The summed E-state index contributed by atoms with van der Waals surface area (Å²) < 4.78 is 37.6. The Kier molecular flexibility index (Phi) is 13.3. The van der Waals surface area contributed by atoms with Crippen LogP contribution in [0, 0.1) is 6.92 Å². The fourth-order valence-electron chi connectivity index (χ4n) is 7.29. The number of fused-ring (bicyclic) bond motifs is 5. The van der Waals surface area contributed by atoms with E-state index in [9.17, 15) is 32.3 Å². The molecule has 2 heterocycles. The number of halogens is 3. The van der Waals surface area contributed by atoms with E-state index in [1.54, 1.807) is 12.1 Å². The molecule has 0 fully saturated rings. The van der Waals surface area contributed by atoms with Crippen LogP contribution in [0.5, 0.6) is 0 Å². The van der Waals surface area contributed by atoms with Crippen LogP contribution in [0.2, 0.25) is 0 Å². The highest BCUT2D eigenvalue weighted by molar-refractivity contribution is 6.00. The number of aromatic amines is 2. The maximum atomic E-state index is 14.1. The summed E-state index contributed by atoms with van der Waals surface area (Å²) in [6.45, 7) is 2.37. The topological polar surface area (TPSA) is 208 Å². The van der Waals surface area contributed by atoms with Gasteiger partial charge < -0.3 is 41.5 Å². The van der Waals surface area contributed by atoms with Crippen LogP contribution in [-0.2, 0) is 25.5 Å². The normalized spacial score (nSPS) is 13.0. The molecule has 0 saturated heterocycles. The molecule has 3 amide bonds. The standard InChI is InChI=1S/C42H42N6O5.C2HF3O2/c1-25-20-39(49)46-37-22-27(17-18-28(25)37)45-40(50)36(16-8-9-19-43)47-41(51)38(21-26-23-44-35-15-7-6-10-29(26)35)48-42(52)53-24-34-32-13-4-2-11-30(32)31-12-3-5-14-33(31)34;3-2(4,5)1(6)7/h2-7,10-15,17-18,20,22-23,34,36,38,44H,8-9,16,19,21,24,43H2,1H3,(H,45,50)(H,46,49)(H,47,51)(H,48,52);(H,6,7)/t36-,38-;/m0./s1. The number of alkyl halides is 3. The van der Waals surface area contributed by atoms with E-state index < -0.39 is 42.1 Å². The Labute approximate surface area is 341 Å². The number of aliphatic carboxylic acids is 1. The van der Waals surface area contributed by atoms with Crippen LogP contribution in [0.25, 0.3) is 32.9 Å². The number of anilines is 1. The number of pyridine rings is 1. The molecule has 0 unspecified atom stereocenters. The van der Waals surface area contributed by atoms with Crippen molar-refractivity contribution < 1.29 is 42.2 Å². The first kappa shape index (κ1) is 42.7. The second kappa shape index (κ2) is 18.8. The number of rotatable bonds is 13. The molecule has 13 nitrogen and oxygen atoms in total. The number of alkyl carbamates (subject to hydrolysis) is 1.